The smallest absolute Gasteiger partial charge is 0.238 e. The van der Waals surface area contributed by atoms with Crippen molar-refractivity contribution in [1.29, 1.82) is 0 Å². The molecule has 1 aliphatic rings. The van der Waals surface area contributed by atoms with Crippen molar-refractivity contribution >= 4 is 40.3 Å². The van der Waals surface area contributed by atoms with E-state index in [1.807, 2.05) is 4.68 Å². The fourth-order valence-corrected chi connectivity index (χ4v) is 3.84. The number of carbonyl (C=O) groups excluding carboxylic acids is 1. The Hall–Kier alpha value is -2.14. The number of nitrogens with one attached hydrogen (secondary N) is 2. The second kappa shape index (κ2) is 9.87. The standard InChI is InChI=1S/C18H23FN6OS2/c1-2-7-20-17-22-25(18(27)28-17)13-24-10-8-23(9-11-24)12-16(26)21-15-5-3-14(19)4-6-15/h2-6H,1,7-13H2,(H,20,22)(H,21,26). The van der Waals surface area contributed by atoms with Gasteiger partial charge in [0, 0.05) is 38.4 Å². The Kier molecular flexibility index (Phi) is 7.26. The molecule has 1 aromatic heterocycles. The number of anilines is 2. The summed E-state index contributed by atoms with van der Waals surface area (Å²) in [5, 5.41) is 11.2. The van der Waals surface area contributed by atoms with Gasteiger partial charge in [-0.3, -0.25) is 14.6 Å². The largest absolute Gasteiger partial charge is 0.357 e. The van der Waals surface area contributed by atoms with Crippen LogP contribution in [0.5, 0.6) is 0 Å². The van der Waals surface area contributed by atoms with Gasteiger partial charge in [0.05, 0.1) is 13.2 Å². The molecule has 1 amide bonds. The summed E-state index contributed by atoms with van der Waals surface area (Å²) >= 11 is 6.83. The molecule has 0 bridgehead atoms. The third-order valence-electron chi connectivity index (χ3n) is 4.30. The Bertz CT molecular complexity index is 858. The number of aromatic nitrogens is 2. The highest BCUT2D eigenvalue weighted by Gasteiger charge is 2.20. The molecule has 10 heteroatoms. The van der Waals surface area contributed by atoms with Gasteiger partial charge in [-0.15, -0.1) is 11.7 Å². The van der Waals surface area contributed by atoms with Crippen molar-refractivity contribution in [2.24, 2.45) is 0 Å². The van der Waals surface area contributed by atoms with Gasteiger partial charge in [0.15, 0.2) is 3.95 Å². The summed E-state index contributed by atoms with van der Waals surface area (Å²) in [4.78, 5) is 16.5. The summed E-state index contributed by atoms with van der Waals surface area (Å²) < 4.78 is 15.5. The van der Waals surface area contributed by atoms with E-state index >= 15 is 0 Å². The van der Waals surface area contributed by atoms with Crippen LogP contribution in [0.15, 0.2) is 36.9 Å². The van der Waals surface area contributed by atoms with Crippen molar-refractivity contribution in [3.8, 4) is 0 Å². The predicted molar refractivity (Wildman–Crippen MR) is 113 cm³/mol. The molecule has 1 saturated heterocycles. The molecule has 1 aliphatic heterocycles. The number of amides is 1. The second-order valence-corrected chi connectivity index (χ2v) is 8.06. The zero-order chi connectivity index (χ0) is 19.9. The average Bonchev–Trinajstić information content (AvgIpc) is 3.03. The number of benzene rings is 1. The van der Waals surface area contributed by atoms with E-state index < -0.39 is 0 Å². The first-order valence-corrected chi connectivity index (χ1v) is 10.2. The maximum atomic E-state index is 12.9. The molecular formula is C18H23FN6OS2. The normalized spacial score (nSPS) is 15.3. The molecule has 2 aromatic rings. The minimum absolute atomic E-state index is 0.0975. The van der Waals surface area contributed by atoms with Gasteiger partial charge in [-0.2, -0.15) is 0 Å². The average molecular weight is 423 g/mol. The van der Waals surface area contributed by atoms with Gasteiger partial charge < -0.3 is 10.6 Å². The minimum atomic E-state index is -0.321. The lowest BCUT2D eigenvalue weighted by Gasteiger charge is -2.33. The van der Waals surface area contributed by atoms with Crippen molar-refractivity contribution in [2.75, 3.05) is 49.9 Å². The molecule has 3 rings (SSSR count). The van der Waals surface area contributed by atoms with Crippen molar-refractivity contribution in [3.05, 3.63) is 46.7 Å². The summed E-state index contributed by atoms with van der Waals surface area (Å²) in [7, 11) is 0. The first-order chi connectivity index (χ1) is 13.5. The predicted octanol–water partition coefficient (Wildman–Crippen LogP) is 2.62. The summed E-state index contributed by atoms with van der Waals surface area (Å²) in [6.45, 7) is 8.53. The molecule has 0 spiro atoms. The Labute approximate surface area is 172 Å². The zero-order valence-electron chi connectivity index (χ0n) is 15.4. The lowest BCUT2D eigenvalue weighted by molar-refractivity contribution is -0.117. The molecule has 0 unspecified atom stereocenters. The Morgan fingerprint density at radius 1 is 1.25 bits per heavy atom. The van der Waals surface area contributed by atoms with Crippen molar-refractivity contribution < 1.29 is 9.18 Å². The summed E-state index contributed by atoms with van der Waals surface area (Å²) in [5.41, 5.74) is 0.601. The van der Waals surface area contributed by atoms with Crippen LogP contribution in [-0.4, -0.2) is 64.8 Å². The number of rotatable bonds is 8. The Balaban J connectivity index is 1.43. The number of carbonyl (C=O) groups is 1. The fraction of sp³-hybridized carbons (Fsp3) is 0.389. The van der Waals surface area contributed by atoms with Gasteiger partial charge in [0.2, 0.25) is 11.0 Å². The molecule has 2 heterocycles. The molecule has 150 valence electrons. The van der Waals surface area contributed by atoms with Crippen LogP contribution >= 0.6 is 23.6 Å². The molecule has 0 radical (unpaired) electrons. The Morgan fingerprint density at radius 3 is 2.61 bits per heavy atom. The molecule has 7 nitrogen and oxygen atoms in total. The number of hydrogen-bond acceptors (Lipinski definition) is 7. The summed E-state index contributed by atoms with van der Waals surface area (Å²) in [6, 6.07) is 5.77. The lowest BCUT2D eigenvalue weighted by Crippen LogP contribution is -2.48. The first kappa shape index (κ1) is 20.6. The van der Waals surface area contributed by atoms with Crippen LogP contribution in [0.1, 0.15) is 0 Å². The van der Waals surface area contributed by atoms with Gasteiger partial charge in [0.25, 0.3) is 0 Å². The van der Waals surface area contributed by atoms with E-state index in [4.69, 9.17) is 12.2 Å². The maximum absolute atomic E-state index is 12.9. The Morgan fingerprint density at radius 2 is 1.93 bits per heavy atom. The van der Waals surface area contributed by atoms with E-state index in [0.29, 0.717) is 25.4 Å². The van der Waals surface area contributed by atoms with E-state index in [1.165, 1.54) is 23.5 Å². The summed E-state index contributed by atoms with van der Waals surface area (Å²) in [6.07, 6.45) is 1.78. The van der Waals surface area contributed by atoms with Crippen molar-refractivity contribution in [1.82, 2.24) is 19.6 Å². The number of piperazine rings is 1. The summed E-state index contributed by atoms with van der Waals surface area (Å²) in [5.74, 6) is -0.419. The number of nitrogens with zero attached hydrogens (tertiary/aromatic N) is 4. The van der Waals surface area contributed by atoms with Crippen LogP contribution in [0.2, 0.25) is 0 Å². The van der Waals surface area contributed by atoms with Crippen molar-refractivity contribution in [2.45, 2.75) is 6.67 Å². The van der Waals surface area contributed by atoms with Crippen LogP contribution in [0, 0.1) is 9.77 Å². The fourth-order valence-electron chi connectivity index (χ4n) is 2.84. The molecule has 0 aliphatic carbocycles. The molecule has 0 saturated carbocycles. The van der Waals surface area contributed by atoms with E-state index in [9.17, 15) is 9.18 Å². The topological polar surface area (TPSA) is 65.4 Å². The van der Waals surface area contributed by atoms with Gasteiger partial charge in [0.1, 0.15) is 5.82 Å². The molecule has 28 heavy (non-hydrogen) atoms. The number of hydrogen-bond donors (Lipinski definition) is 2. The second-order valence-electron chi connectivity index (χ2n) is 6.43. The minimum Gasteiger partial charge on any atom is -0.357 e. The third-order valence-corrected chi connectivity index (χ3v) is 5.56. The lowest BCUT2D eigenvalue weighted by atomic mass is 10.3. The van der Waals surface area contributed by atoms with E-state index in [0.717, 1.165) is 35.3 Å². The molecule has 1 fully saturated rings. The van der Waals surface area contributed by atoms with Crippen LogP contribution in [0.4, 0.5) is 15.2 Å². The van der Waals surface area contributed by atoms with Crippen LogP contribution in [0.25, 0.3) is 0 Å². The monoisotopic (exact) mass is 422 g/mol. The highest BCUT2D eigenvalue weighted by atomic mass is 32.1. The SMILES string of the molecule is C=CCNc1nn(CN2CCN(CC(=O)Nc3ccc(F)cc3)CC2)c(=S)s1. The van der Waals surface area contributed by atoms with Gasteiger partial charge >= 0.3 is 0 Å². The zero-order valence-corrected chi connectivity index (χ0v) is 17.1. The van der Waals surface area contributed by atoms with Crippen LogP contribution in [-0.2, 0) is 11.5 Å². The number of halogens is 1. The van der Waals surface area contributed by atoms with Crippen LogP contribution < -0.4 is 10.6 Å². The van der Waals surface area contributed by atoms with Gasteiger partial charge in [-0.1, -0.05) is 17.4 Å². The van der Waals surface area contributed by atoms with Crippen molar-refractivity contribution in [3.63, 3.8) is 0 Å². The highest BCUT2D eigenvalue weighted by molar-refractivity contribution is 7.73. The van der Waals surface area contributed by atoms with E-state index in [1.54, 1.807) is 18.2 Å². The molecule has 2 N–H and O–H groups in total. The molecule has 0 atom stereocenters. The highest BCUT2D eigenvalue weighted by Crippen LogP contribution is 2.15. The molecular weight excluding hydrogens is 399 g/mol. The van der Waals surface area contributed by atoms with E-state index in [2.05, 4.69) is 32.1 Å². The van der Waals surface area contributed by atoms with Gasteiger partial charge in [-0.05, 0) is 36.5 Å². The molecule has 1 aromatic carbocycles. The van der Waals surface area contributed by atoms with E-state index in [-0.39, 0.29) is 11.7 Å². The van der Waals surface area contributed by atoms with Crippen LogP contribution in [0.3, 0.4) is 0 Å². The van der Waals surface area contributed by atoms with Gasteiger partial charge in [-0.25, -0.2) is 9.07 Å². The third kappa shape index (κ3) is 5.93. The first-order valence-electron chi connectivity index (χ1n) is 8.96. The maximum Gasteiger partial charge on any atom is 0.238 e. The quantitative estimate of drug-likeness (QED) is 0.504.